The van der Waals surface area contributed by atoms with E-state index < -0.39 is 0 Å². The van der Waals surface area contributed by atoms with Gasteiger partial charge in [0.25, 0.3) is 0 Å². The molecule has 180 valence electrons. The molecule has 0 bridgehead atoms. The summed E-state index contributed by atoms with van der Waals surface area (Å²) in [5.41, 5.74) is 4.92. The van der Waals surface area contributed by atoms with E-state index in [0.717, 1.165) is 61.9 Å². The van der Waals surface area contributed by atoms with Crippen molar-refractivity contribution in [1.29, 1.82) is 0 Å². The molecule has 5 nitrogen and oxygen atoms in total. The maximum Gasteiger partial charge on any atom is 0.231 e. The van der Waals surface area contributed by atoms with Gasteiger partial charge in [-0.2, -0.15) is 0 Å². The van der Waals surface area contributed by atoms with Gasteiger partial charge in [-0.3, -0.25) is 4.90 Å². The second-order valence-electron chi connectivity index (χ2n) is 8.91. The first-order valence-corrected chi connectivity index (χ1v) is 13.2. The average molecular weight is 579 g/mol. The van der Waals surface area contributed by atoms with Gasteiger partial charge in [0.05, 0.1) is 11.9 Å². The number of hydrogen-bond acceptors (Lipinski definition) is 4. The zero-order valence-corrected chi connectivity index (χ0v) is 22.1. The lowest BCUT2D eigenvalue weighted by Crippen LogP contribution is -2.24. The van der Waals surface area contributed by atoms with E-state index >= 15 is 0 Å². The van der Waals surface area contributed by atoms with Crippen molar-refractivity contribution in [2.24, 2.45) is 0 Å². The summed E-state index contributed by atoms with van der Waals surface area (Å²) in [5.74, 6) is 2.70. The first-order valence-electron chi connectivity index (χ1n) is 12.1. The highest BCUT2D eigenvalue weighted by Crippen LogP contribution is 2.33. The van der Waals surface area contributed by atoms with Gasteiger partial charge in [0.15, 0.2) is 11.5 Å². The van der Waals surface area contributed by atoms with Crippen LogP contribution in [-0.4, -0.2) is 21.2 Å². The zero-order chi connectivity index (χ0) is 24.0. The molecule has 0 saturated heterocycles. The smallest absolute Gasteiger partial charge is 0.231 e. The summed E-state index contributed by atoms with van der Waals surface area (Å²) >= 11 is 2.39. The molecule has 0 aliphatic carbocycles. The van der Waals surface area contributed by atoms with Crippen molar-refractivity contribution in [3.8, 4) is 22.9 Å². The van der Waals surface area contributed by atoms with Crippen LogP contribution in [0.25, 0.3) is 11.4 Å². The molecule has 2 heterocycles. The van der Waals surface area contributed by atoms with Crippen LogP contribution in [0, 0.1) is 3.57 Å². The number of benzene rings is 3. The van der Waals surface area contributed by atoms with Crippen molar-refractivity contribution in [1.82, 2.24) is 14.5 Å². The summed E-state index contributed by atoms with van der Waals surface area (Å²) in [4.78, 5) is 7.35. The van der Waals surface area contributed by atoms with Crippen LogP contribution in [-0.2, 0) is 26.2 Å². The third-order valence-corrected chi connectivity index (χ3v) is 6.90. The van der Waals surface area contributed by atoms with Crippen LogP contribution in [0.5, 0.6) is 11.5 Å². The second-order valence-corrected chi connectivity index (χ2v) is 10.2. The van der Waals surface area contributed by atoms with Gasteiger partial charge < -0.3 is 14.0 Å². The second kappa shape index (κ2) is 11.3. The normalized spacial score (nSPS) is 12.4. The molecule has 3 aromatic carbocycles. The Morgan fingerprint density at radius 2 is 1.69 bits per heavy atom. The van der Waals surface area contributed by atoms with Crippen molar-refractivity contribution in [3.63, 3.8) is 0 Å². The van der Waals surface area contributed by atoms with E-state index in [4.69, 9.17) is 14.5 Å². The number of aromatic nitrogens is 2. The Labute approximate surface area is 220 Å². The van der Waals surface area contributed by atoms with Gasteiger partial charge in [-0.05, 0) is 64.4 Å². The van der Waals surface area contributed by atoms with Gasteiger partial charge >= 0.3 is 0 Å². The predicted molar refractivity (Wildman–Crippen MR) is 147 cm³/mol. The van der Waals surface area contributed by atoms with E-state index in [1.807, 2.05) is 6.07 Å². The molecular weight excluding hydrogens is 549 g/mol. The molecule has 0 unspecified atom stereocenters. The highest BCUT2D eigenvalue weighted by atomic mass is 127. The lowest BCUT2D eigenvalue weighted by Gasteiger charge is -2.24. The Morgan fingerprint density at radius 1 is 0.886 bits per heavy atom. The minimum absolute atomic E-state index is 0.295. The third-order valence-electron chi connectivity index (χ3n) is 6.23. The number of imidazole rings is 1. The van der Waals surface area contributed by atoms with Crippen LogP contribution in [0.15, 0.2) is 79.0 Å². The molecule has 5 rings (SSSR count). The molecule has 1 aliphatic rings. The molecule has 0 saturated carbocycles. The van der Waals surface area contributed by atoms with E-state index in [0.29, 0.717) is 6.79 Å². The van der Waals surface area contributed by atoms with Crippen LogP contribution in [0.4, 0.5) is 0 Å². The summed E-state index contributed by atoms with van der Waals surface area (Å²) in [7, 11) is 0. The molecule has 0 amide bonds. The summed E-state index contributed by atoms with van der Waals surface area (Å²) in [6.45, 7) is 5.97. The molecule has 1 aliphatic heterocycles. The van der Waals surface area contributed by atoms with Crippen LogP contribution < -0.4 is 9.47 Å². The van der Waals surface area contributed by atoms with Crippen molar-refractivity contribution < 1.29 is 9.47 Å². The number of hydrogen-bond donors (Lipinski definition) is 0. The molecule has 0 radical (unpaired) electrons. The first-order chi connectivity index (χ1) is 17.2. The molecule has 0 N–H and O–H groups in total. The molecule has 0 fully saturated rings. The molecule has 0 atom stereocenters. The van der Waals surface area contributed by atoms with Crippen molar-refractivity contribution >= 4 is 22.6 Å². The number of ether oxygens (including phenoxy) is 2. The Bertz CT molecular complexity index is 1270. The van der Waals surface area contributed by atoms with Crippen LogP contribution in [0.2, 0.25) is 0 Å². The topological polar surface area (TPSA) is 39.5 Å². The van der Waals surface area contributed by atoms with Crippen molar-refractivity contribution in [3.05, 3.63) is 99.4 Å². The summed E-state index contributed by atoms with van der Waals surface area (Å²) in [5, 5.41) is 0. The van der Waals surface area contributed by atoms with Gasteiger partial charge in [-0.1, -0.05) is 61.9 Å². The molecule has 1 aromatic heterocycles. The van der Waals surface area contributed by atoms with E-state index in [2.05, 4.69) is 112 Å². The number of nitrogens with zero attached hydrogens (tertiary/aromatic N) is 3. The standard InChI is InChI=1S/C29H30IN3O2/c1-2-3-14-33-26(17-31-29(33)24-9-5-4-6-10-24)20-32(18-22-8-7-11-25(30)15-22)19-23-12-13-27-28(16-23)35-21-34-27/h4-13,15-17H,2-3,14,18-21H2,1H3. The molecule has 4 aromatic rings. The lowest BCUT2D eigenvalue weighted by atomic mass is 10.1. The van der Waals surface area contributed by atoms with Gasteiger partial charge in [-0.15, -0.1) is 0 Å². The number of halogens is 1. The third kappa shape index (κ3) is 5.87. The van der Waals surface area contributed by atoms with Crippen molar-refractivity contribution in [2.45, 2.75) is 45.9 Å². The zero-order valence-electron chi connectivity index (χ0n) is 20.0. The largest absolute Gasteiger partial charge is 0.454 e. The fourth-order valence-electron chi connectivity index (χ4n) is 4.51. The fraction of sp³-hybridized carbons (Fsp3) is 0.276. The number of unbranched alkanes of at least 4 members (excludes halogenated alkanes) is 1. The van der Waals surface area contributed by atoms with Gasteiger partial charge in [0, 0.05) is 35.3 Å². The van der Waals surface area contributed by atoms with Gasteiger partial charge in [0.2, 0.25) is 6.79 Å². The first kappa shape index (κ1) is 23.9. The highest BCUT2D eigenvalue weighted by molar-refractivity contribution is 14.1. The summed E-state index contributed by atoms with van der Waals surface area (Å²) in [6, 6.07) is 25.5. The molecule has 35 heavy (non-hydrogen) atoms. The quantitative estimate of drug-likeness (QED) is 0.192. The van der Waals surface area contributed by atoms with E-state index in [1.165, 1.54) is 20.4 Å². The molecule has 6 heteroatoms. The Hall–Kier alpha value is -2.84. The number of fused-ring (bicyclic) bond motifs is 1. The SMILES string of the molecule is CCCCn1c(CN(Cc2cccc(I)c2)Cc2ccc3c(c2)OCO3)cnc1-c1ccccc1. The summed E-state index contributed by atoms with van der Waals surface area (Å²) in [6.07, 6.45) is 4.33. The predicted octanol–water partition coefficient (Wildman–Crippen LogP) is 6.89. The highest BCUT2D eigenvalue weighted by Gasteiger charge is 2.18. The maximum atomic E-state index is 5.63. The minimum Gasteiger partial charge on any atom is -0.454 e. The minimum atomic E-state index is 0.295. The Kier molecular flexibility index (Phi) is 7.69. The van der Waals surface area contributed by atoms with Crippen LogP contribution in [0.1, 0.15) is 36.6 Å². The van der Waals surface area contributed by atoms with Crippen molar-refractivity contribution in [2.75, 3.05) is 6.79 Å². The van der Waals surface area contributed by atoms with Gasteiger partial charge in [0.1, 0.15) is 5.82 Å². The van der Waals surface area contributed by atoms with E-state index in [9.17, 15) is 0 Å². The average Bonchev–Trinajstić information content (AvgIpc) is 3.50. The van der Waals surface area contributed by atoms with E-state index in [1.54, 1.807) is 0 Å². The van der Waals surface area contributed by atoms with Gasteiger partial charge in [-0.25, -0.2) is 4.98 Å². The Balaban J connectivity index is 1.45. The monoisotopic (exact) mass is 579 g/mol. The number of rotatable bonds is 10. The molecule has 0 spiro atoms. The van der Waals surface area contributed by atoms with Crippen LogP contribution in [0.3, 0.4) is 0 Å². The fourth-order valence-corrected chi connectivity index (χ4v) is 5.12. The summed E-state index contributed by atoms with van der Waals surface area (Å²) < 4.78 is 14.8. The lowest BCUT2D eigenvalue weighted by molar-refractivity contribution is 0.174. The maximum absolute atomic E-state index is 5.63. The van der Waals surface area contributed by atoms with E-state index in [-0.39, 0.29) is 0 Å². The van der Waals surface area contributed by atoms with Crippen LogP contribution >= 0.6 is 22.6 Å². The Morgan fingerprint density at radius 3 is 2.49 bits per heavy atom. The molecular formula is C29H30IN3O2.